The van der Waals surface area contributed by atoms with Crippen molar-refractivity contribution in [2.75, 3.05) is 12.4 Å². The zero-order valence-corrected chi connectivity index (χ0v) is 16.3. The average Bonchev–Trinajstić information content (AvgIpc) is 3.15. The molecule has 1 amide bonds. The quantitative estimate of drug-likeness (QED) is 0.790. The number of amides is 1. The van der Waals surface area contributed by atoms with Crippen LogP contribution in [-0.2, 0) is 24.2 Å². The van der Waals surface area contributed by atoms with E-state index in [0.717, 1.165) is 30.8 Å². The number of hydrogen-bond acceptors (Lipinski definition) is 5. The summed E-state index contributed by atoms with van der Waals surface area (Å²) in [6.07, 6.45) is 5.51. The van der Waals surface area contributed by atoms with Gasteiger partial charge in [0.2, 0.25) is 5.91 Å². The number of anilines is 1. The molecule has 132 valence electrons. The third kappa shape index (κ3) is 4.12. The van der Waals surface area contributed by atoms with Crippen molar-refractivity contribution in [2.24, 2.45) is 0 Å². The molecule has 0 radical (unpaired) electrons. The van der Waals surface area contributed by atoms with Gasteiger partial charge < -0.3 is 5.32 Å². The number of aryl methyl sites for hydroxylation is 1. The Morgan fingerprint density at radius 2 is 2.20 bits per heavy atom. The molecule has 0 aliphatic heterocycles. The van der Waals surface area contributed by atoms with Gasteiger partial charge in [-0.2, -0.15) is 16.6 Å². The highest BCUT2D eigenvalue weighted by Crippen LogP contribution is 2.37. The summed E-state index contributed by atoms with van der Waals surface area (Å²) in [4.78, 5) is 16.0. The molecule has 2 heterocycles. The Kier molecular flexibility index (Phi) is 5.89. The van der Waals surface area contributed by atoms with Crippen molar-refractivity contribution in [2.45, 2.75) is 51.6 Å². The van der Waals surface area contributed by atoms with Crippen molar-refractivity contribution in [1.29, 1.82) is 5.26 Å². The van der Waals surface area contributed by atoms with Crippen LogP contribution in [0.25, 0.3) is 0 Å². The number of carbonyl (C=O) groups is 1. The van der Waals surface area contributed by atoms with Crippen LogP contribution >= 0.6 is 22.7 Å². The molecule has 0 spiro atoms. The van der Waals surface area contributed by atoms with E-state index in [0.29, 0.717) is 5.56 Å². The molecule has 25 heavy (non-hydrogen) atoms. The van der Waals surface area contributed by atoms with E-state index in [2.05, 4.69) is 22.8 Å². The van der Waals surface area contributed by atoms with Gasteiger partial charge in [-0.25, -0.2) is 0 Å². The van der Waals surface area contributed by atoms with Crippen molar-refractivity contribution in [1.82, 2.24) is 4.90 Å². The number of nitriles is 1. The molecular weight excluding hydrogens is 350 g/mol. The minimum absolute atomic E-state index is 0.0503. The van der Waals surface area contributed by atoms with Gasteiger partial charge in [-0.3, -0.25) is 9.69 Å². The van der Waals surface area contributed by atoms with E-state index in [9.17, 15) is 10.1 Å². The van der Waals surface area contributed by atoms with Gasteiger partial charge >= 0.3 is 0 Å². The maximum Gasteiger partial charge on any atom is 0.242 e. The van der Waals surface area contributed by atoms with Crippen LogP contribution in [0.2, 0.25) is 0 Å². The van der Waals surface area contributed by atoms with Crippen molar-refractivity contribution < 1.29 is 4.79 Å². The fourth-order valence-corrected chi connectivity index (χ4v) is 5.08. The first-order valence-corrected chi connectivity index (χ1v) is 10.4. The summed E-state index contributed by atoms with van der Waals surface area (Å²) >= 11 is 3.26. The maximum atomic E-state index is 12.7. The lowest BCUT2D eigenvalue weighted by molar-refractivity contribution is -0.120. The van der Waals surface area contributed by atoms with E-state index in [-0.39, 0.29) is 11.9 Å². The zero-order valence-electron chi connectivity index (χ0n) is 14.7. The number of thiophene rings is 2. The number of rotatable bonds is 5. The molecule has 6 heteroatoms. The molecule has 0 fully saturated rings. The van der Waals surface area contributed by atoms with E-state index in [1.807, 2.05) is 24.3 Å². The third-order valence-electron chi connectivity index (χ3n) is 4.82. The number of hydrogen-bond donors (Lipinski definition) is 1. The first-order chi connectivity index (χ1) is 12.1. The predicted octanol–water partition coefficient (Wildman–Crippen LogP) is 4.41. The highest BCUT2D eigenvalue weighted by molar-refractivity contribution is 7.16. The molecule has 2 aromatic heterocycles. The van der Waals surface area contributed by atoms with Crippen LogP contribution < -0.4 is 5.32 Å². The van der Waals surface area contributed by atoms with E-state index in [1.165, 1.54) is 28.8 Å². The summed E-state index contributed by atoms with van der Waals surface area (Å²) in [6.45, 7) is 2.65. The van der Waals surface area contributed by atoms with Crippen LogP contribution in [0.4, 0.5) is 5.00 Å². The van der Waals surface area contributed by atoms with Crippen LogP contribution in [-0.4, -0.2) is 23.9 Å². The van der Waals surface area contributed by atoms with Gasteiger partial charge in [0.1, 0.15) is 11.1 Å². The molecule has 3 rings (SSSR count). The molecule has 1 aliphatic rings. The molecule has 4 nitrogen and oxygen atoms in total. The highest BCUT2D eigenvalue weighted by Gasteiger charge is 2.24. The minimum Gasteiger partial charge on any atom is -0.315 e. The second-order valence-electron chi connectivity index (χ2n) is 6.59. The van der Waals surface area contributed by atoms with E-state index in [1.54, 1.807) is 22.7 Å². The summed E-state index contributed by atoms with van der Waals surface area (Å²) in [5, 5.41) is 17.5. The molecule has 0 bridgehead atoms. The lowest BCUT2D eigenvalue weighted by atomic mass is 10.1. The van der Waals surface area contributed by atoms with Gasteiger partial charge in [0, 0.05) is 11.4 Å². The first-order valence-electron chi connectivity index (χ1n) is 8.67. The molecule has 2 aromatic rings. The van der Waals surface area contributed by atoms with Crippen LogP contribution in [0.1, 0.15) is 47.8 Å². The first kappa shape index (κ1) is 18.1. The predicted molar refractivity (Wildman–Crippen MR) is 104 cm³/mol. The van der Waals surface area contributed by atoms with Crippen molar-refractivity contribution in [3.63, 3.8) is 0 Å². The summed E-state index contributed by atoms with van der Waals surface area (Å²) in [5.41, 5.74) is 3.07. The Bertz CT molecular complexity index is 773. The molecule has 0 unspecified atom stereocenters. The monoisotopic (exact) mass is 373 g/mol. The van der Waals surface area contributed by atoms with Crippen molar-refractivity contribution >= 4 is 33.6 Å². The Labute approximate surface area is 157 Å². The van der Waals surface area contributed by atoms with Crippen LogP contribution in [0.5, 0.6) is 0 Å². The van der Waals surface area contributed by atoms with E-state index in [4.69, 9.17) is 0 Å². The Hall–Kier alpha value is -1.68. The lowest BCUT2D eigenvalue weighted by Crippen LogP contribution is -2.39. The normalized spacial score (nSPS) is 15.3. The smallest absolute Gasteiger partial charge is 0.242 e. The molecule has 1 aliphatic carbocycles. The largest absolute Gasteiger partial charge is 0.315 e. The Morgan fingerprint density at radius 3 is 2.92 bits per heavy atom. The summed E-state index contributed by atoms with van der Waals surface area (Å²) < 4.78 is 0. The molecule has 1 atom stereocenters. The second-order valence-corrected chi connectivity index (χ2v) is 8.48. The summed E-state index contributed by atoms with van der Waals surface area (Å²) in [6, 6.07) is 4.15. The fraction of sp³-hybridized carbons (Fsp3) is 0.474. The summed E-state index contributed by atoms with van der Waals surface area (Å²) in [7, 11) is 1.96. The second kappa shape index (κ2) is 8.13. The van der Waals surface area contributed by atoms with Crippen LogP contribution in [0.3, 0.4) is 0 Å². The fourth-order valence-electron chi connectivity index (χ4n) is 3.17. The van der Waals surface area contributed by atoms with Crippen LogP contribution in [0, 0.1) is 11.3 Å². The number of fused-ring (bicyclic) bond motifs is 1. The minimum atomic E-state index is -0.256. The number of nitrogens with zero attached hydrogens (tertiary/aromatic N) is 2. The molecule has 1 N–H and O–H groups in total. The van der Waals surface area contributed by atoms with Gasteiger partial charge in [-0.15, -0.1) is 11.3 Å². The third-order valence-corrected chi connectivity index (χ3v) is 6.76. The molecule has 0 saturated carbocycles. The standard InChI is InChI=1S/C19H23N3OS2/c1-13(22(2)11-14-8-9-24-12-14)18(23)21-19-16(10-20)15-6-4-3-5-7-17(15)25-19/h8-9,12-13H,3-7,11H2,1-2H3,(H,21,23)/t13-/m0/s1. The van der Waals surface area contributed by atoms with Crippen molar-refractivity contribution in [3.8, 4) is 6.07 Å². The number of likely N-dealkylation sites (N-methyl/N-ethyl adjacent to an activating group) is 1. The van der Waals surface area contributed by atoms with Gasteiger partial charge in [-0.1, -0.05) is 6.42 Å². The topological polar surface area (TPSA) is 56.1 Å². The molecule has 0 aromatic carbocycles. The van der Waals surface area contributed by atoms with Crippen molar-refractivity contribution in [3.05, 3.63) is 38.4 Å². The van der Waals surface area contributed by atoms with Crippen LogP contribution in [0.15, 0.2) is 16.8 Å². The van der Waals surface area contributed by atoms with Gasteiger partial charge in [0.05, 0.1) is 11.6 Å². The Balaban J connectivity index is 1.71. The number of nitrogens with one attached hydrogen (secondary N) is 1. The van der Waals surface area contributed by atoms with E-state index >= 15 is 0 Å². The maximum absolute atomic E-state index is 12.7. The summed E-state index contributed by atoms with van der Waals surface area (Å²) in [5.74, 6) is -0.0503. The molecule has 0 saturated heterocycles. The lowest BCUT2D eigenvalue weighted by Gasteiger charge is -2.23. The SMILES string of the molecule is C[C@@H](C(=O)Nc1sc2c(c1C#N)CCCCC2)N(C)Cc1ccsc1. The number of carbonyl (C=O) groups excluding carboxylic acids is 1. The molecular formula is C19H23N3OS2. The zero-order chi connectivity index (χ0) is 17.8. The highest BCUT2D eigenvalue weighted by atomic mass is 32.1. The van der Waals surface area contributed by atoms with E-state index < -0.39 is 0 Å². The van der Waals surface area contributed by atoms with Gasteiger partial charge in [-0.05, 0) is 67.6 Å². The van der Waals surface area contributed by atoms with Gasteiger partial charge in [0.15, 0.2) is 0 Å². The van der Waals surface area contributed by atoms with Gasteiger partial charge in [0.25, 0.3) is 0 Å². The Morgan fingerprint density at radius 1 is 1.40 bits per heavy atom. The average molecular weight is 374 g/mol.